The van der Waals surface area contributed by atoms with Gasteiger partial charge in [-0.1, -0.05) is 0 Å². The van der Waals surface area contributed by atoms with Crippen LogP contribution in [0.1, 0.15) is 17.3 Å². The second-order valence-electron chi connectivity index (χ2n) is 3.12. The number of thiazole rings is 1. The number of ether oxygens (including phenoxy) is 1. The number of hydrogen-bond donors (Lipinski definition) is 0. The lowest BCUT2D eigenvalue weighted by atomic mass is 10.2. The van der Waals surface area contributed by atoms with Gasteiger partial charge in [-0.25, -0.2) is 9.78 Å². The topological polar surface area (TPSA) is 57.0 Å². The molecule has 0 saturated carbocycles. The van der Waals surface area contributed by atoms with Gasteiger partial charge in [-0.05, 0) is 6.92 Å². The fraction of sp³-hybridized carbons (Fsp3) is 0.300. The third-order valence-electron chi connectivity index (χ3n) is 1.96. The molecule has 0 amide bonds. The van der Waals surface area contributed by atoms with Crippen LogP contribution in [0, 0.1) is 0 Å². The van der Waals surface area contributed by atoms with Gasteiger partial charge in [-0.15, -0.1) is 11.3 Å². The molecule has 0 aromatic carbocycles. The Morgan fingerprint density at radius 1 is 1.62 bits per heavy atom. The second kappa shape index (κ2) is 4.44. The second-order valence-corrected chi connectivity index (χ2v) is 4.02. The van der Waals surface area contributed by atoms with Crippen LogP contribution in [0.5, 0.6) is 0 Å². The minimum atomic E-state index is -0.360. The van der Waals surface area contributed by atoms with Crippen molar-refractivity contribution in [1.29, 1.82) is 0 Å². The molecule has 0 atom stereocenters. The Hall–Kier alpha value is -1.69. The molecule has 0 aliphatic carbocycles. The molecule has 2 aromatic heterocycles. The zero-order chi connectivity index (χ0) is 11.5. The van der Waals surface area contributed by atoms with Crippen molar-refractivity contribution >= 4 is 17.3 Å². The summed E-state index contributed by atoms with van der Waals surface area (Å²) in [6, 6.07) is 0. The van der Waals surface area contributed by atoms with E-state index >= 15 is 0 Å². The maximum absolute atomic E-state index is 11.7. The van der Waals surface area contributed by atoms with Crippen molar-refractivity contribution < 1.29 is 9.53 Å². The Balaban J connectivity index is 2.42. The van der Waals surface area contributed by atoms with Gasteiger partial charge in [0.1, 0.15) is 16.3 Å². The fourth-order valence-corrected chi connectivity index (χ4v) is 1.98. The van der Waals surface area contributed by atoms with Crippen LogP contribution < -0.4 is 0 Å². The van der Waals surface area contributed by atoms with Gasteiger partial charge in [0.15, 0.2) is 0 Å². The highest BCUT2D eigenvalue weighted by Gasteiger charge is 2.19. The summed E-state index contributed by atoms with van der Waals surface area (Å²) in [6.45, 7) is 2.13. The predicted molar refractivity (Wildman–Crippen MR) is 60.3 cm³/mol. The summed E-state index contributed by atoms with van der Waals surface area (Å²) >= 11 is 1.44. The first-order chi connectivity index (χ1) is 7.72. The smallest absolute Gasteiger partial charge is 0.342 e. The van der Waals surface area contributed by atoms with Gasteiger partial charge in [0, 0.05) is 24.8 Å². The molecule has 0 aliphatic rings. The molecule has 0 aliphatic heterocycles. The van der Waals surface area contributed by atoms with Crippen LogP contribution >= 0.6 is 11.3 Å². The number of aryl methyl sites for hydroxylation is 1. The number of carbonyl (C=O) groups excluding carboxylic acids is 1. The minimum absolute atomic E-state index is 0.352. The fourth-order valence-electron chi connectivity index (χ4n) is 1.35. The number of carbonyl (C=O) groups is 1. The third kappa shape index (κ3) is 1.96. The van der Waals surface area contributed by atoms with Gasteiger partial charge in [0.05, 0.1) is 6.61 Å². The average Bonchev–Trinajstić information content (AvgIpc) is 2.85. The SMILES string of the molecule is CCOC(=O)c1cn(C)nc1-c1nccs1. The Kier molecular flexibility index (Phi) is 3.00. The number of esters is 1. The molecular weight excluding hydrogens is 226 g/mol. The van der Waals surface area contributed by atoms with Gasteiger partial charge in [0.25, 0.3) is 0 Å². The number of rotatable bonds is 3. The Labute approximate surface area is 96.7 Å². The van der Waals surface area contributed by atoms with E-state index in [1.807, 2.05) is 5.38 Å². The number of aromatic nitrogens is 3. The van der Waals surface area contributed by atoms with Crippen LogP contribution in [-0.2, 0) is 11.8 Å². The molecule has 0 spiro atoms. The largest absolute Gasteiger partial charge is 0.462 e. The minimum Gasteiger partial charge on any atom is -0.462 e. The van der Waals surface area contributed by atoms with Crippen LogP contribution in [0.3, 0.4) is 0 Å². The molecule has 0 bridgehead atoms. The van der Waals surface area contributed by atoms with E-state index in [0.29, 0.717) is 17.9 Å². The Morgan fingerprint density at radius 3 is 3.06 bits per heavy atom. The standard InChI is InChI=1S/C10H11N3O2S/c1-3-15-10(14)7-6-13(2)12-8(7)9-11-4-5-16-9/h4-6H,3H2,1-2H3. The number of nitrogens with zero attached hydrogens (tertiary/aromatic N) is 3. The van der Waals surface area contributed by atoms with E-state index in [1.165, 1.54) is 11.3 Å². The number of hydrogen-bond acceptors (Lipinski definition) is 5. The monoisotopic (exact) mass is 237 g/mol. The van der Waals surface area contributed by atoms with Gasteiger partial charge in [-0.3, -0.25) is 4.68 Å². The molecule has 6 heteroatoms. The van der Waals surface area contributed by atoms with Crippen molar-refractivity contribution in [3.63, 3.8) is 0 Å². The van der Waals surface area contributed by atoms with E-state index in [4.69, 9.17) is 4.74 Å². The highest BCUT2D eigenvalue weighted by molar-refractivity contribution is 7.13. The van der Waals surface area contributed by atoms with E-state index < -0.39 is 0 Å². The molecule has 0 radical (unpaired) electrons. The summed E-state index contributed by atoms with van der Waals surface area (Å²) in [5, 5.41) is 6.79. The van der Waals surface area contributed by atoms with Gasteiger partial charge >= 0.3 is 5.97 Å². The molecule has 2 aromatic rings. The zero-order valence-corrected chi connectivity index (χ0v) is 9.82. The van der Waals surface area contributed by atoms with Crippen LogP contribution in [0.25, 0.3) is 10.7 Å². The lowest BCUT2D eigenvalue weighted by Gasteiger charge is -1.99. The molecule has 84 valence electrons. The molecule has 2 rings (SSSR count). The Morgan fingerprint density at radius 2 is 2.44 bits per heavy atom. The van der Waals surface area contributed by atoms with Crippen molar-refractivity contribution in [1.82, 2.24) is 14.8 Å². The van der Waals surface area contributed by atoms with Crippen LogP contribution in [-0.4, -0.2) is 27.3 Å². The summed E-state index contributed by atoms with van der Waals surface area (Å²) in [5.74, 6) is -0.360. The van der Waals surface area contributed by atoms with Crippen LogP contribution in [0.4, 0.5) is 0 Å². The molecule has 5 nitrogen and oxygen atoms in total. The van der Waals surface area contributed by atoms with Gasteiger partial charge in [0.2, 0.25) is 0 Å². The summed E-state index contributed by atoms with van der Waals surface area (Å²) in [7, 11) is 1.76. The van der Waals surface area contributed by atoms with E-state index in [0.717, 1.165) is 5.01 Å². The highest BCUT2D eigenvalue weighted by Crippen LogP contribution is 2.24. The summed E-state index contributed by atoms with van der Waals surface area (Å²) in [5.41, 5.74) is 1.04. The molecule has 0 unspecified atom stereocenters. The summed E-state index contributed by atoms with van der Waals surface area (Å²) in [4.78, 5) is 15.8. The van der Waals surface area contributed by atoms with Crippen molar-refractivity contribution in [3.05, 3.63) is 23.3 Å². The zero-order valence-electron chi connectivity index (χ0n) is 9.01. The molecule has 0 saturated heterocycles. The summed E-state index contributed by atoms with van der Waals surface area (Å²) in [6.07, 6.45) is 3.33. The molecule has 16 heavy (non-hydrogen) atoms. The molecular formula is C10H11N3O2S. The molecule has 2 heterocycles. The predicted octanol–water partition coefficient (Wildman–Crippen LogP) is 1.72. The third-order valence-corrected chi connectivity index (χ3v) is 2.74. The van der Waals surface area contributed by atoms with Crippen LogP contribution in [0.15, 0.2) is 17.8 Å². The van der Waals surface area contributed by atoms with Crippen molar-refractivity contribution in [2.75, 3.05) is 6.61 Å². The van der Waals surface area contributed by atoms with E-state index in [2.05, 4.69) is 10.1 Å². The summed E-state index contributed by atoms with van der Waals surface area (Å²) < 4.78 is 6.55. The van der Waals surface area contributed by atoms with E-state index in [-0.39, 0.29) is 5.97 Å². The van der Waals surface area contributed by atoms with E-state index in [9.17, 15) is 4.79 Å². The molecule has 0 N–H and O–H groups in total. The van der Waals surface area contributed by atoms with Gasteiger partial charge in [-0.2, -0.15) is 5.10 Å². The quantitative estimate of drug-likeness (QED) is 0.763. The van der Waals surface area contributed by atoms with Crippen LogP contribution in [0.2, 0.25) is 0 Å². The average molecular weight is 237 g/mol. The van der Waals surface area contributed by atoms with E-state index in [1.54, 1.807) is 31.0 Å². The van der Waals surface area contributed by atoms with Gasteiger partial charge < -0.3 is 4.74 Å². The maximum atomic E-state index is 11.7. The molecule has 0 fully saturated rings. The normalized spacial score (nSPS) is 10.4. The first kappa shape index (κ1) is 10.8. The highest BCUT2D eigenvalue weighted by atomic mass is 32.1. The first-order valence-corrected chi connectivity index (χ1v) is 5.71. The lowest BCUT2D eigenvalue weighted by Crippen LogP contribution is -2.04. The van der Waals surface area contributed by atoms with Crippen molar-refractivity contribution in [2.24, 2.45) is 7.05 Å². The van der Waals surface area contributed by atoms with Crippen molar-refractivity contribution in [3.8, 4) is 10.7 Å². The first-order valence-electron chi connectivity index (χ1n) is 4.83. The maximum Gasteiger partial charge on any atom is 0.342 e. The van der Waals surface area contributed by atoms with Crippen molar-refractivity contribution in [2.45, 2.75) is 6.92 Å². The lowest BCUT2D eigenvalue weighted by molar-refractivity contribution is 0.0527. The Bertz CT molecular complexity index is 490.